The molecule has 0 radical (unpaired) electrons. The number of aliphatic hydroxyl groups excluding tert-OH is 2. The molecule has 0 unspecified atom stereocenters. The van der Waals surface area contributed by atoms with Crippen LogP contribution in [0.2, 0.25) is 0 Å². The van der Waals surface area contributed by atoms with Crippen LogP contribution in [0.1, 0.15) is 17.1 Å². The lowest BCUT2D eigenvalue weighted by atomic mass is 10.1. The monoisotopic (exact) mass is 1190 g/mol. The topological polar surface area (TPSA) is 197 Å². The number of para-hydroxylation sites is 2. The highest BCUT2D eigenvalue weighted by atomic mass is 35.5. The predicted octanol–water partition coefficient (Wildman–Crippen LogP) is 8.53. The van der Waals surface area contributed by atoms with Gasteiger partial charge in [-0.3, -0.25) is 49.0 Å². The number of aliphatic hydroxyl groups is 2. The number of alkyl halides is 1. The molecule has 0 saturated carbocycles. The van der Waals surface area contributed by atoms with Gasteiger partial charge in [-0.25, -0.2) is 0 Å². The lowest BCUT2D eigenvalue weighted by Crippen LogP contribution is -2.47. The van der Waals surface area contributed by atoms with E-state index in [9.17, 15) is 14.7 Å². The maximum absolute atomic E-state index is 12.3. The number of halogens is 2. The maximum Gasteiger partial charge on any atom is 0.193 e. The minimum Gasteiger partial charge on any atom is -0.508 e. The fourth-order valence-electron chi connectivity index (χ4n) is 9.60. The average Bonchev–Trinajstić information content (AvgIpc) is 3.60. The van der Waals surface area contributed by atoms with Crippen molar-refractivity contribution in [2.24, 2.45) is 0 Å². The summed E-state index contributed by atoms with van der Waals surface area (Å²) in [6.07, 6.45) is 5.43. The van der Waals surface area contributed by atoms with E-state index in [1.54, 1.807) is 60.8 Å². The second-order valence-corrected chi connectivity index (χ2v) is 20.5. The highest BCUT2D eigenvalue weighted by Gasteiger charge is 2.19. The molecule has 4 N–H and O–H groups in total. The van der Waals surface area contributed by atoms with E-state index in [0.29, 0.717) is 52.6 Å². The van der Waals surface area contributed by atoms with Crippen LogP contribution in [0, 0.1) is 0 Å². The molecule has 19 heteroatoms. The fraction of sp³-hybridized carbons (Fsp3) is 0.318. The van der Waals surface area contributed by atoms with Gasteiger partial charge in [-0.1, -0.05) is 42.5 Å². The number of phenols is 1. The van der Waals surface area contributed by atoms with Gasteiger partial charge in [0, 0.05) is 153 Å². The van der Waals surface area contributed by atoms with Crippen molar-refractivity contribution in [2.75, 3.05) is 118 Å². The molecule has 17 nitrogen and oxygen atoms in total. The third kappa shape index (κ3) is 21.6. The van der Waals surface area contributed by atoms with E-state index in [1.807, 2.05) is 103 Å². The van der Waals surface area contributed by atoms with Crippen molar-refractivity contribution in [3.8, 4) is 34.1 Å². The third-order valence-electron chi connectivity index (χ3n) is 14.3. The van der Waals surface area contributed by atoms with Crippen LogP contribution in [-0.2, 0) is 19.0 Å². The molecule has 5 aromatic heterocycles. The third-order valence-corrected chi connectivity index (χ3v) is 14.6. The Balaban J connectivity index is 0.000000168. The number of nitrogens with zero attached hydrogens (tertiary/aromatic N) is 8. The Hall–Kier alpha value is -7.39. The van der Waals surface area contributed by atoms with Gasteiger partial charge >= 0.3 is 0 Å². The van der Waals surface area contributed by atoms with Crippen LogP contribution in [0.4, 0.5) is 0 Å². The summed E-state index contributed by atoms with van der Waals surface area (Å²) < 4.78 is 17.6. The first-order valence-electron chi connectivity index (χ1n) is 28.6. The van der Waals surface area contributed by atoms with Gasteiger partial charge < -0.3 is 34.2 Å². The molecule has 0 atom stereocenters. The van der Waals surface area contributed by atoms with Crippen LogP contribution in [0.15, 0.2) is 201 Å². The van der Waals surface area contributed by atoms with E-state index in [4.69, 9.17) is 35.4 Å². The lowest BCUT2D eigenvalue weighted by molar-refractivity contribution is 0.107. The number of aromatic nitrogens is 3. The molecule has 9 aromatic rings. The molecule has 8 heterocycles. The van der Waals surface area contributed by atoms with Crippen molar-refractivity contribution in [1.29, 1.82) is 0 Å². The summed E-state index contributed by atoms with van der Waals surface area (Å²) in [7, 11) is 0. The second kappa shape index (κ2) is 35.8. The number of hydrogen-bond donors (Lipinski definition) is 4. The van der Waals surface area contributed by atoms with Crippen molar-refractivity contribution < 1.29 is 28.9 Å². The zero-order valence-electron chi connectivity index (χ0n) is 47.9. The Morgan fingerprint density at radius 2 is 0.882 bits per heavy atom. The first-order valence-corrected chi connectivity index (χ1v) is 29.2. The van der Waals surface area contributed by atoms with Crippen molar-refractivity contribution in [2.45, 2.75) is 19.0 Å². The molecule has 0 spiro atoms. The number of rotatable bonds is 15. The van der Waals surface area contributed by atoms with Crippen molar-refractivity contribution in [3.05, 3.63) is 220 Å². The van der Waals surface area contributed by atoms with Crippen molar-refractivity contribution >= 4 is 45.9 Å². The number of aromatic hydroxyl groups is 1. The Kier molecular flexibility index (Phi) is 27.4. The van der Waals surface area contributed by atoms with Crippen LogP contribution in [0.3, 0.4) is 0 Å². The minimum atomic E-state index is -0.0695. The van der Waals surface area contributed by atoms with E-state index in [-0.39, 0.29) is 35.6 Å². The number of benzene rings is 4. The summed E-state index contributed by atoms with van der Waals surface area (Å²) in [5.41, 5.74) is 5.86. The van der Waals surface area contributed by atoms with E-state index < -0.39 is 0 Å². The molecule has 0 amide bonds. The molecule has 4 aromatic carbocycles. The van der Waals surface area contributed by atoms with Gasteiger partial charge in [0.15, 0.2) is 10.9 Å². The van der Waals surface area contributed by atoms with E-state index in [1.165, 1.54) is 6.07 Å². The molecular weight excluding hydrogens is 1120 g/mol. The number of piperazine rings is 3. The van der Waals surface area contributed by atoms with E-state index in [2.05, 4.69) is 56.9 Å². The number of ether oxygens (including phenoxy) is 1. The van der Waals surface area contributed by atoms with Gasteiger partial charge in [0.25, 0.3) is 0 Å². The standard InChI is InChI=1S/C27H27N3O3.C15H10O3.C12H19N3O.C6H6ClN.C6H14N2O.ClH/c31-25-19-27(33-26-7-2-1-6-24(25)26)21-8-10-23(11-9-21)32-18-17-29-13-15-30(16-14-29)20-22-5-3-4-12-28-22;16-11-7-5-10(6-8-11)15-9-13(17)12-3-1-2-4-14(12)18-15;16-10-9-14-5-7-15(8-6-14)11-12-3-1-2-4-13-12;7-5-6-3-1-2-4-8-6;9-6-5-8-3-1-7-2-4-8;/h1-12,19H,13-18,20H2;1-9,16H;1-4,16H,5-11H2;1-4H,5H2;7,9H,1-6H2;1H. The van der Waals surface area contributed by atoms with Crippen LogP contribution in [-0.4, -0.2) is 173 Å². The summed E-state index contributed by atoms with van der Waals surface area (Å²) in [4.78, 5) is 48.9. The number of hydrogen-bond acceptors (Lipinski definition) is 17. The van der Waals surface area contributed by atoms with Gasteiger partial charge in [-0.15, -0.1) is 24.0 Å². The Bertz CT molecular complexity index is 3420. The summed E-state index contributed by atoms with van der Waals surface area (Å²) in [6, 6.07) is 49.5. The van der Waals surface area contributed by atoms with Gasteiger partial charge in [0.05, 0.1) is 46.9 Å². The largest absolute Gasteiger partial charge is 0.508 e. The zero-order valence-corrected chi connectivity index (χ0v) is 49.5. The first kappa shape index (κ1) is 65.2. The maximum atomic E-state index is 12.3. The van der Waals surface area contributed by atoms with Gasteiger partial charge in [-0.2, -0.15) is 0 Å². The zero-order chi connectivity index (χ0) is 58.6. The Morgan fingerprint density at radius 3 is 1.31 bits per heavy atom. The average molecular weight is 1200 g/mol. The van der Waals surface area contributed by atoms with Crippen molar-refractivity contribution in [1.82, 2.24) is 44.8 Å². The fourth-order valence-corrected chi connectivity index (χ4v) is 9.76. The highest BCUT2D eigenvalue weighted by molar-refractivity contribution is 6.16. The summed E-state index contributed by atoms with van der Waals surface area (Å²) >= 11 is 5.46. The number of nitrogens with one attached hydrogen (secondary N) is 1. The summed E-state index contributed by atoms with van der Waals surface area (Å²) in [5.74, 6) is 2.56. The van der Waals surface area contributed by atoms with Gasteiger partial charge in [-0.05, 0) is 109 Å². The van der Waals surface area contributed by atoms with Crippen LogP contribution in [0.5, 0.6) is 11.5 Å². The molecule has 0 bridgehead atoms. The molecular formula is C66H77Cl2N9O8. The lowest BCUT2D eigenvalue weighted by Gasteiger charge is -2.34. The molecule has 3 aliphatic heterocycles. The molecule has 448 valence electrons. The number of phenolic OH excluding ortho intramolecular Hbond substituents is 1. The normalized spacial score (nSPS) is 14.9. The van der Waals surface area contributed by atoms with Gasteiger partial charge in [0.2, 0.25) is 0 Å². The number of β-amino-alcohol motifs (C(OH)–C–C–N with tert-alkyl or cyclic N) is 2. The second-order valence-electron chi connectivity index (χ2n) is 20.2. The molecule has 3 fully saturated rings. The molecule has 85 heavy (non-hydrogen) atoms. The first-order chi connectivity index (χ1) is 41.2. The van der Waals surface area contributed by atoms with Crippen LogP contribution in [0.25, 0.3) is 44.6 Å². The smallest absolute Gasteiger partial charge is 0.193 e. The minimum absolute atomic E-state index is 0. The molecule has 0 aliphatic carbocycles. The Labute approximate surface area is 508 Å². The van der Waals surface area contributed by atoms with E-state index >= 15 is 0 Å². The quantitative estimate of drug-likeness (QED) is 0.0712. The number of pyridine rings is 3. The van der Waals surface area contributed by atoms with Crippen LogP contribution < -0.4 is 20.9 Å². The molecule has 3 aliphatic rings. The van der Waals surface area contributed by atoms with Crippen LogP contribution >= 0.6 is 24.0 Å². The SMILES string of the molecule is Cl.ClCc1ccccn1.O=c1cc(-c2ccc(O)cc2)oc2ccccc12.O=c1cc(-c2ccc(OCCN3CCN(Cc4ccccn4)CC3)cc2)oc2ccccc12.OCCN1CCN(Cc2ccccn2)CC1.OCCN1CCNCC1. The number of fused-ring (bicyclic) bond motifs is 2. The van der Waals surface area contributed by atoms with Gasteiger partial charge in [0.1, 0.15) is 40.8 Å². The Morgan fingerprint density at radius 1 is 0.482 bits per heavy atom. The van der Waals surface area contributed by atoms with E-state index in [0.717, 1.165) is 145 Å². The summed E-state index contributed by atoms with van der Waals surface area (Å²) in [5, 5.41) is 31.1. The van der Waals surface area contributed by atoms with Crippen molar-refractivity contribution in [3.63, 3.8) is 0 Å². The summed E-state index contributed by atoms with van der Waals surface area (Å²) in [6.45, 7) is 18.3. The molecule has 3 saturated heterocycles. The molecule has 12 rings (SSSR count). The highest BCUT2D eigenvalue weighted by Crippen LogP contribution is 2.26. The predicted molar refractivity (Wildman–Crippen MR) is 339 cm³/mol.